The van der Waals surface area contributed by atoms with Crippen molar-refractivity contribution in [1.29, 1.82) is 0 Å². The molecule has 4 heteroatoms. The van der Waals surface area contributed by atoms with Crippen LogP contribution in [0.3, 0.4) is 0 Å². The highest BCUT2D eigenvalue weighted by atomic mass is 16.2. The number of amides is 1. The Morgan fingerprint density at radius 1 is 1.25 bits per heavy atom. The van der Waals surface area contributed by atoms with E-state index in [0.29, 0.717) is 6.04 Å². The van der Waals surface area contributed by atoms with Gasteiger partial charge in [0.1, 0.15) is 0 Å². The molecular weight excluding hydrogens is 250 g/mol. The molecule has 0 aromatic heterocycles. The van der Waals surface area contributed by atoms with Gasteiger partial charge in [0.2, 0.25) is 5.91 Å². The van der Waals surface area contributed by atoms with Gasteiger partial charge in [-0.3, -0.25) is 9.69 Å². The number of nitrogens with zero attached hydrogens (tertiary/aromatic N) is 2. The van der Waals surface area contributed by atoms with Gasteiger partial charge < -0.3 is 10.6 Å². The second-order valence-electron chi connectivity index (χ2n) is 6.53. The summed E-state index contributed by atoms with van der Waals surface area (Å²) < 4.78 is 0. The van der Waals surface area contributed by atoms with Crippen molar-refractivity contribution < 1.29 is 4.79 Å². The summed E-state index contributed by atoms with van der Waals surface area (Å²) in [5, 5.41) is 0. The summed E-state index contributed by atoms with van der Waals surface area (Å²) >= 11 is 0. The predicted molar refractivity (Wildman–Crippen MR) is 82.5 cm³/mol. The average Bonchev–Trinajstić information content (AvgIpc) is 2.90. The average molecular weight is 281 g/mol. The van der Waals surface area contributed by atoms with Gasteiger partial charge in [-0.1, -0.05) is 19.8 Å². The molecule has 4 nitrogen and oxygen atoms in total. The van der Waals surface area contributed by atoms with Gasteiger partial charge in [0.25, 0.3) is 0 Å². The molecule has 2 saturated heterocycles. The van der Waals surface area contributed by atoms with Crippen LogP contribution in [-0.2, 0) is 4.79 Å². The number of hydrogen-bond donors (Lipinski definition) is 1. The van der Waals surface area contributed by atoms with Crippen LogP contribution in [0.15, 0.2) is 0 Å². The lowest BCUT2D eigenvalue weighted by atomic mass is 10.0. The first-order valence-corrected chi connectivity index (χ1v) is 8.43. The summed E-state index contributed by atoms with van der Waals surface area (Å²) in [6.07, 6.45) is 7.90. The fourth-order valence-corrected chi connectivity index (χ4v) is 3.70. The molecule has 0 bridgehead atoms. The second kappa shape index (κ2) is 7.41. The van der Waals surface area contributed by atoms with Gasteiger partial charge in [-0.2, -0.15) is 0 Å². The molecule has 2 heterocycles. The lowest BCUT2D eigenvalue weighted by Gasteiger charge is -2.39. The minimum absolute atomic E-state index is 0.173. The summed E-state index contributed by atoms with van der Waals surface area (Å²) in [7, 11) is 0. The van der Waals surface area contributed by atoms with Crippen LogP contribution in [0.5, 0.6) is 0 Å². The van der Waals surface area contributed by atoms with E-state index in [4.69, 9.17) is 5.73 Å². The molecular formula is C16H31N3O. The van der Waals surface area contributed by atoms with Gasteiger partial charge in [-0.25, -0.2) is 0 Å². The zero-order valence-electron chi connectivity index (χ0n) is 13.2. The molecule has 0 aromatic rings. The van der Waals surface area contributed by atoms with Gasteiger partial charge in [-0.05, 0) is 45.6 Å². The molecule has 0 unspecified atom stereocenters. The van der Waals surface area contributed by atoms with Crippen molar-refractivity contribution >= 4 is 5.91 Å². The normalized spacial score (nSPS) is 26.9. The topological polar surface area (TPSA) is 49.6 Å². The Morgan fingerprint density at radius 3 is 2.50 bits per heavy atom. The number of likely N-dealkylation sites (tertiary alicyclic amines) is 2. The highest BCUT2D eigenvalue weighted by Crippen LogP contribution is 2.25. The number of unbranched alkanes of at least 4 members (excludes halogenated alkanes) is 1. The van der Waals surface area contributed by atoms with Gasteiger partial charge in [0, 0.05) is 25.2 Å². The molecule has 0 saturated carbocycles. The number of hydrogen-bond acceptors (Lipinski definition) is 3. The van der Waals surface area contributed by atoms with E-state index in [1.165, 1.54) is 19.4 Å². The van der Waals surface area contributed by atoms with Gasteiger partial charge in [0.05, 0.1) is 6.04 Å². The maximum absolute atomic E-state index is 12.3. The Kier molecular flexibility index (Phi) is 5.85. The molecule has 20 heavy (non-hydrogen) atoms. The van der Waals surface area contributed by atoms with Crippen molar-refractivity contribution in [2.45, 2.75) is 76.9 Å². The predicted octanol–water partition coefficient (Wildman–Crippen LogP) is 1.98. The fraction of sp³-hybridized carbons (Fsp3) is 0.938. The van der Waals surface area contributed by atoms with E-state index >= 15 is 0 Å². The monoisotopic (exact) mass is 281 g/mol. The minimum Gasteiger partial charge on any atom is -0.341 e. The van der Waals surface area contributed by atoms with Gasteiger partial charge >= 0.3 is 0 Å². The lowest BCUT2D eigenvalue weighted by molar-refractivity contribution is -0.134. The van der Waals surface area contributed by atoms with E-state index in [0.717, 1.165) is 51.2 Å². The van der Waals surface area contributed by atoms with E-state index in [1.54, 1.807) is 0 Å². The van der Waals surface area contributed by atoms with Crippen molar-refractivity contribution in [2.75, 3.05) is 19.6 Å². The van der Waals surface area contributed by atoms with Gasteiger partial charge in [-0.15, -0.1) is 0 Å². The lowest BCUT2D eigenvalue weighted by Crippen LogP contribution is -2.51. The Labute approximate surface area is 123 Å². The molecule has 116 valence electrons. The van der Waals surface area contributed by atoms with E-state index < -0.39 is 0 Å². The maximum Gasteiger partial charge on any atom is 0.239 e. The first-order valence-electron chi connectivity index (χ1n) is 8.43. The first kappa shape index (κ1) is 15.8. The third-order valence-corrected chi connectivity index (χ3v) is 5.04. The molecule has 1 amide bonds. The number of carbonyl (C=O) groups excluding carboxylic acids is 1. The first-order chi connectivity index (χ1) is 9.63. The molecule has 2 atom stereocenters. The number of nitrogens with two attached hydrogens (primary N) is 1. The maximum atomic E-state index is 12.3. The number of carbonyl (C=O) groups is 1. The number of rotatable bonds is 5. The summed E-state index contributed by atoms with van der Waals surface area (Å²) in [4.78, 5) is 16.9. The van der Waals surface area contributed by atoms with E-state index in [9.17, 15) is 4.79 Å². The molecule has 0 aromatic carbocycles. The van der Waals surface area contributed by atoms with E-state index in [2.05, 4.69) is 18.7 Å². The molecule has 0 spiro atoms. The Bertz CT molecular complexity index is 313. The summed E-state index contributed by atoms with van der Waals surface area (Å²) in [5.74, 6) is 0.173. The van der Waals surface area contributed by atoms with Crippen LogP contribution < -0.4 is 5.73 Å². The largest absolute Gasteiger partial charge is 0.341 e. The molecule has 0 aliphatic carbocycles. The standard InChI is InChI=1S/C16H31N3O/c1-3-4-7-15(17)16(20)18-11-8-14(9-12-18)19-10-5-6-13(19)2/h13-15H,3-12,17H2,1-2H3/t13-,15+/m0/s1. The third kappa shape index (κ3) is 3.73. The minimum atomic E-state index is -0.280. The van der Waals surface area contributed by atoms with Crippen LogP contribution in [0.2, 0.25) is 0 Å². The smallest absolute Gasteiger partial charge is 0.239 e. The molecule has 2 aliphatic rings. The van der Waals surface area contributed by atoms with Gasteiger partial charge in [0.15, 0.2) is 0 Å². The quantitative estimate of drug-likeness (QED) is 0.838. The molecule has 2 fully saturated rings. The zero-order valence-corrected chi connectivity index (χ0v) is 13.2. The van der Waals surface area contributed by atoms with Crippen LogP contribution in [0.1, 0.15) is 58.8 Å². The van der Waals surface area contributed by atoms with Crippen LogP contribution in [-0.4, -0.2) is 53.5 Å². The van der Waals surface area contributed by atoms with Crippen molar-refractivity contribution in [3.8, 4) is 0 Å². The zero-order chi connectivity index (χ0) is 14.5. The number of piperidine rings is 1. The van der Waals surface area contributed by atoms with Crippen molar-refractivity contribution in [3.63, 3.8) is 0 Å². The third-order valence-electron chi connectivity index (χ3n) is 5.04. The van der Waals surface area contributed by atoms with E-state index in [-0.39, 0.29) is 11.9 Å². The fourth-order valence-electron chi connectivity index (χ4n) is 3.70. The highest BCUT2D eigenvalue weighted by Gasteiger charge is 2.32. The molecule has 0 radical (unpaired) electrons. The second-order valence-corrected chi connectivity index (χ2v) is 6.53. The SMILES string of the molecule is CCCC[C@@H](N)C(=O)N1CCC(N2CCC[C@@H]2C)CC1. The van der Waals surface area contributed by atoms with Crippen molar-refractivity contribution in [3.05, 3.63) is 0 Å². The Hall–Kier alpha value is -0.610. The molecule has 2 N–H and O–H groups in total. The summed E-state index contributed by atoms with van der Waals surface area (Å²) in [6, 6.07) is 1.13. The van der Waals surface area contributed by atoms with Crippen LogP contribution in [0, 0.1) is 0 Å². The summed E-state index contributed by atoms with van der Waals surface area (Å²) in [6.45, 7) is 7.51. The van der Waals surface area contributed by atoms with Crippen LogP contribution in [0.4, 0.5) is 0 Å². The molecule has 2 rings (SSSR count). The highest BCUT2D eigenvalue weighted by molar-refractivity contribution is 5.81. The van der Waals surface area contributed by atoms with Crippen LogP contribution in [0.25, 0.3) is 0 Å². The van der Waals surface area contributed by atoms with Crippen LogP contribution >= 0.6 is 0 Å². The Balaban J connectivity index is 1.77. The Morgan fingerprint density at radius 2 is 1.95 bits per heavy atom. The van der Waals surface area contributed by atoms with E-state index in [1.807, 2.05) is 4.90 Å². The van der Waals surface area contributed by atoms with Crippen molar-refractivity contribution in [1.82, 2.24) is 9.80 Å². The van der Waals surface area contributed by atoms with Crippen molar-refractivity contribution in [2.24, 2.45) is 5.73 Å². The summed E-state index contributed by atoms with van der Waals surface area (Å²) in [5.41, 5.74) is 6.01. The molecule has 2 aliphatic heterocycles.